The van der Waals surface area contributed by atoms with E-state index in [1.165, 1.54) is 23.9 Å². The highest BCUT2D eigenvalue weighted by atomic mass is 32.2. The molecule has 4 rings (SSSR count). The normalized spacial score (nSPS) is 17.9. The van der Waals surface area contributed by atoms with E-state index in [0.717, 1.165) is 23.2 Å². The molecule has 0 fully saturated rings. The van der Waals surface area contributed by atoms with Gasteiger partial charge in [0.25, 0.3) is 5.91 Å². The number of hydrogen-bond donors (Lipinski definition) is 2. The Labute approximate surface area is 209 Å². The molecule has 35 heavy (non-hydrogen) atoms. The Bertz CT molecular complexity index is 1310. The SMILES string of the molecule is CCC(C)C1C(=O)N=C2c3ccccc3N=C(SCC(=O)NCCc3ccc(S(N)(=O)=O)cc3)N21. The van der Waals surface area contributed by atoms with Crippen molar-refractivity contribution in [2.75, 3.05) is 12.3 Å². The van der Waals surface area contributed by atoms with Crippen LogP contribution in [0.2, 0.25) is 0 Å². The van der Waals surface area contributed by atoms with Crippen LogP contribution in [-0.4, -0.2) is 54.5 Å². The number of para-hydroxylation sites is 1. The Balaban J connectivity index is 1.40. The smallest absolute Gasteiger partial charge is 0.271 e. The lowest BCUT2D eigenvalue weighted by atomic mass is 9.97. The third kappa shape index (κ3) is 5.47. The van der Waals surface area contributed by atoms with Gasteiger partial charge in [-0.05, 0) is 42.2 Å². The van der Waals surface area contributed by atoms with Crippen molar-refractivity contribution in [3.05, 3.63) is 59.7 Å². The molecule has 2 aliphatic heterocycles. The lowest BCUT2D eigenvalue weighted by Crippen LogP contribution is -2.47. The first-order valence-corrected chi connectivity index (χ1v) is 13.8. The largest absolute Gasteiger partial charge is 0.355 e. The number of amidine groups is 2. The second kappa shape index (κ2) is 10.3. The van der Waals surface area contributed by atoms with Gasteiger partial charge in [-0.25, -0.2) is 18.5 Å². The molecule has 2 amide bonds. The van der Waals surface area contributed by atoms with Crippen molar-refractivity contribution in [3.8, 4) is 0 Å². The Morgan fingerprint density at radius 3 is 2.57 bits per heavy atom. The van der Waals surface area contributed by atoms with Crippen LogP contribution in [0, 0.1) is 5.92 Å². The second-order valence-electron chi connectivity index (χ2n) is 8.46. The molecule has 2 aromatic carbocycles. The van der Waals surface area contributed by atoms with Gasteiger partial charge in [0.15, 0.2) is 5.17 Å². The number of thioether (sulfide) groups is 1. The number of carbonyl (C=O) groups is 2. The lowest BCUT2D eigenvalue weighted by Gasteiger charge is -2.33. The molecule has 0 saturated carbocycles. The van der Waals surface area contributed by atoms with Crippen LogP contribution in [0.15, 0.2) is 63.4 Å². The van der Waals surface area contributed by atoms with Crippen molar-refractivity contribution in [2.24, 2.45) is 21.0 Å². The number of hydrogen-bond acceptors (Lipinski definition) is 7. The van der Waals surface area contributed by atoms with Gasteiger partial charge in [-0.3, -0.25) is 14.5 Å². The summed E-state index contributed by atoms with van der Waals surface area (Å²) in [5, 5.41) is 8.58. The minimum atomic E-state index is -3.73. The minimum Gasteiger partial charge on any atom is -0.355 e. The van der Waals surface area contributed by atoms with Gasteiger partial charge in [0, 0.05) is 12.1 Å². The van der Waals surface area contributed by atoms with Gasteiger partial charge < -0.3 is 5.32 Å². The van der Waals surface area contributed by atoms with Crippen molar-refractivity contribution in [2.45, 2.75) is 37.6 Å². The molecule has 0 aliphatic carbocycles. The number of nitrogens with one attached hydrogen (secondary N) is 1. The number of nitrogens with zero attached hydrogens (tertiary/aromatic N) is 3. The van der Waals surface area contributed by atoms with Crippen molar-refractivity contribution in [1.82, 2.24) is 10.2 Å². The molecule has 2 aliphatic rings. The molecule has 0 saturated heterocycles. The first-order chi connectivity index (χ1) is 16.7. The summed E-state index contributed by atoms with van der Waals surface area (Å²) >= 11 is 1.28. The van der Waals surface area contributed by atoms with Gasteiger partial charge in [-0.15, -0.1) is 0 Å². The van der Waals surface area contributed by atoms with Gasteiger partial charge in [0.2, 0.25) is 15.9 Å². The molecule has 2 heterocycles. The molecule has 3 N–H and O–H groups in total. The molecule has 0 spiro atoms. The fourth-order valence-electron chi connectivity index (χ4n) is 3.98. The Hall–Kier alpha value is -3.02. The van der Waals surface area contributed by atoms with Crippen LogP contribution in [0.25, 0.3) is 0 Å². The number of fused-ring (bicyclic) bond motifs is 3. The van der Waals surface area contributed by atoms with E-state index in [1.54, 1.807) is 12.1 Å². The van der Waals surface area contributed by atoms with Crippen LogP contribution >= 0.6 is 11.8 Å². The Kier molecular flexibility index (Phi) is 7.39. The number of benzene rings is 2. The minimum absolute atomic E-state index is 0.0514. The average Bonchev–Trinajstić information content (AvgIpc) is 3.19. The van der Waals surface area contributed by atoms with Crippen molar-refractivity contribution >= 4 is 50.3 Å². The van der Waals surface area contributed by atoms with Crippen molar-refractivity contribution < 1.29 is 18.0 Å². The van der Waals surface area contributed by atoms with E-state index in [4.69, 9.17) is 10.1 Å². The molecule has 184 valence electrons. The number of rotatable bonds is 8. The summed E-state index contributed by atoms with van der Waals surface area (Å²) in [5.74, 6) is 0.460. The zero-order chi connectivity index (χ0) is 25.2. The number of carbonyl (C=O) groups excluding carboxylic acids is 2. The van der Waals surface area contributed by atoms with E-state index >= 15 is 0 Å². The zero-order valence-electron chi connectivity index (χ0n) is 19.5. The molecular formula is C24H27N5O4S2. The zero-order valence-corrected chi connectivity index (χ0v) is 21.1. The maximum absolute atomic E-state index is 12.8. The van der Waals surface area contributed by atoms with Gasteiger partial charge in [0.05, 0.1) is 16.3 Å². The molecule has 0 aromatic heterocycles. The summed E-state index contributed by atoms with van der Waals surface area (Å²) in [4.78, 5) is 36.3. The fraction of sp³-hybridized carbons (Fsp3) is 0.333. The average molecular weight is 514 g/mol. The van der Waals surface area contributed by atoms with E-state index in [2.05, 4.69) is 10.3 Å². The third-order valence-electron chi connectivity index (χ3n) is 6.05. The van der Waals surface area contributed by atoms with E-state index < -0.39 is 16.1 Å². The van der Waals surface area contributed by atoms with Crippen molar-refractivity contribution in [1.29, 1.82) is 0 Å². The summed E-state index contributed by atoms with van der Waals surface area (Å²) < 4.78 is 22.7. The Morgan fingerprint density at radius 2 is 1.89 bits per heavy atom. The van der Waals surface area contributed by atoms with Crippen LogP contribution in [0.1, 0.15) is 31.4 Å². The summed E-state index contributed by atoms with van der Waals surface area (Å²) in [6, 6.07) is 13.4. The molecule has 2 aromatic rings. The molecule has 2 atom stereocenters. The predicted octanol–water partition coefficient (Wildman–Crippen LogP) is 2.43. The van der Waals surface area contributed by atoms with Crippen LogP contribution in [0.3, 0.4) is 0 Å². The summed E-state index contributed by atoms with van der Waals surface area (Å²) in [7, 11) is -3.73. The highest BCUT2D eigenvalue weighted by Crippen LogP contribution is 2.36. The molecule has 9 nitrogen and oxygen atoms in total. The number of sulfonamides is 1. The maximum atomic E-state index is 12.8. The first-order valence-electron chi connectivity index (χ1n) is 11.3. The van der Waals surface area contributed by atoms with E-state index in [-0.39, 0.29) is 28.4 Å². The molecule has 0 radical (unpaired) electrons. The first kappa shape index (κ1) is 25.1. The molecule has 2 unspecified atom stereocenters. The van der Waals surface area contributed by atoms with Gasteiger partial charge in [-0.2, -0.15) is 4.99 Å². The quantitative estimate of drug-likeness (QED) is 0.557. The highest BCUT2D eigenvalue weighted by Gasteiger charge is 2.43. The monoisotopic (exact) mass is 513 g/mol. The molecule has 11 heteroatoms. The maximum Gasteiger partial charge on any atom is 0.271 e. The fourth-order valence-corrected chi connectivity index (χ4v) is 5.36. The number of primary sulfonamides is 1. The van der Waals surface area contributed by atoms with Crippen LogP contribution in [0.5, 0.6) is 0 Å². The van der Waals surface area contributed by atoms with E-state index in [0.29, 0.717) is 24.0 Å². The van der Waals surface area contributed by atoms with Gasteiger partial charge >= 0.3 is 0 Å². The predicted molar refractivity (Wildman–Crippen MR) is 137 cm³/mol. The summed E-state index contributed by atoms with van der Waals surface area (Å²) in [5.41, 5.74) is 2.42. The standard InChI is InChI=1S/C24H27N5O4S2/c1-3-15(2)21-23(31)28-22-18-6-4-5-7-19(18)27-24(29(21)22)34-14-20(30)26-13-12-16-8-10-17(11-9-16)35(25,32)33/h4-11,15,21H,3,12-14H2,1-2H3,(H,26,30)(H2,25,32,33). The second-order valence-corrected chi connectivity index (χ2v) is 11.0. The van der Waals surface area contributed by atoms with E-state index in [9.17, 15) is 18.0 Å². The topological polar surface area (TPSA) is 134 Å². The molecule has 0 bridgehead atoms. The van der Waals surface area contributed by atoms with Gasteiger partial charge in [0.1, 0.15) is 11.9 Å². The lowest BCUT2D eigenvalue weighted by molar-refractivity contribution is -0.121. The highest BCUT2D eigenvalue weighted by molar-refractivity contribution is 8.14. The van der Waals surface area contributed by atoms with Gasteiger partial charge in [-0.1, -0.05) is 56.3 Å². The summed E-state index contributed by atoms with van der Waals surface area (Å²) in [6.45, 7) is 4.45. The Morgan fingerprint density at radius 1 is 1.17 bits per heavy atom. The molecular weight excluding hydrogens is 486 g/mol. The van der Waals surface area contributed by atoms with Crippen molar-refractivity contribution in [3.63, 3.8) is 0 Å². The van der Waals surface area contributed by atoms with E-state index in [1.807, 2.05) is 43.0 Å². The summed E-state index contributed by atoms with van der Waals surface area (Å²) in [6.07, 6.45) is 1.36. The number of amides is 2. The van der Waals surface area contributed by atoms with Crippen LogP contribution in [-0.2, 0) is 26.0 Å². The number of nitrogens with two attached hydrogens (primary N) is 1. The van der Waals surface area contributed by atoms with Crippen LogP contribution < -0.4 is 10.5 Å². The van der Waals surface area contributed by atoms with Crippen LogP contribution in [0.4, 0.5) is 5.69 Å². The number of aliphatic imine (C=N–C) groups is 2. The third-order valence-corrected chi connectivity index (χ3v) is 7.93.